The van der Waals surface area contributed by atoms with Crippen LogP contribution in [0.5, 0.6) is 0 Å². The van der Waals surface area contributed by atoms with Crippen molar-refractivity contribution in [1.29, 1.82) is 0 Å². The summed E-state index contributed by atoms with van der Waals surface area (Å²) in [6.07, 6.45) is 16.5. The van der Waals surface area contributed by atoms with Gasteiger partial charge in [-0.05, 0) is 179 Å². The zero-order valence-electron chi connectivity index (χ0n) is 31.6. The van der Waals surface area contributed by atoms with Crippen molar-refractivity contribution in [3.8, 4) is 0 Å². The highest BCUT2D eigenvalue weighted by Gasteiger charge is 2.61. The summed E-state index contributed by atoms with van der Waals surface area (Å²) in [5, 5.41) is 31.4. The maximum atomic E-state index is 13.0. The Labute approximate surface area is 311 Å². The minimum atomic E-state index is -0.649. The van der Waals surface area contributed by atoms with Gasteiger partial charge in [-0.2, -0.15) is 0 Å². The van der Waals surface area contributed by atoms with Crippen molar-refractivity contribution < 1.29 is 24.9 Å². The number of alkyl halides is 1. The SMILES string of the molecule is C=C(CBr)[C@H]1CC[C@H]2[C@@H]3CC(=O)[C@H]4C[C@](C)(O)CC[C@@H]4[C@H]3CC[C@]12C.C=C(CO)[C@H]1CC[C@H]2[C@@H]3CC(=O)[C@H]4C[C@](C)(O)CC[C@@H]4[C@H]3CC[C@]12C. The molecule has 0 spiro atoms. The molecular weight excluding hydrogens is 688 g/mol. The highest BCUT2D eigenvalue weighted by molar-refractivity contribution is 9.09. The van der Waals surface area contributed by atoms with Crippen LogP contribution >= 0.6 is 15.9 Å². The fraction of sp³-hybridized carbons (Fsp3) is 0.864. The van der Waals surface area contributed by atoms with E-state index in [0.717, 1.165) is 55.8 Å². The van der Waals surface area contributed by atoms with E-state index in [1.54, 1.807) is 0 Å². The molecule has 16 atom stereocenters. The molecule has 0 aromatic rings. The number of aliphatic hydroxyl groups is 3. The Balaban J connectivity index is 0.000000157. The van der Waals surface area contributed by atoms with E-state index in [4.69, 9.17) is 0 Å². The summed E-state index contributed by atoms with van der Waals surface area (Å²) in [6, 6.07) is 0. The number of Topliss-reactive ketones (excluding diaryl/α,β-unsaturated/α-hetero) is 2. The van der Waals surface area contributed by atoms with Crippen molar-refractivity contribution in [2.24, 2.45) is 81.8 Å². The summed E-state index contributed by atoms with van der Waals surface area (Å²) in [4.78, 5) is 26.0. The van der Waals surface area contributed by atoms with E-state index in [9.17, 15) is 24.9 Å². The second kappa shape index (κ2) is 13.5. The number of hydrogen-bond acceptors (Lipinski definition) is 5. The van der Waals surface area contributed by atoms with E-state index < -0.39 is 11.2 Å². The predicted octanol–water partition coefficient (Wildman–Crippen LogP) is 8.87. The van der Waals surface area contributed by atoms with Crippen LogP contribution < -0.4 is 0 Å². The Morgan fingerprint density at radius 3 is 1.42 bits per heavy atom. The molecule has 0 radical (unpaired) electrons. The minimum absolute atomic E-state index is 0.0963. The van der Waals surface area contributed by atoms with Gasteiger partial charge in [0.15, 0.2) is 0 Å². The summed E-state index contributed by atoms with van der Waals surface area (Å²) in [5.41, 5.74) is 1.64. The van der Waals surface area contributed by atoms with Gasteiger partial charge in [-0.1, -0.05) is 48.5 Å². The van der Waals surface area contributed by atoms with Gasteiger partial charge < -0.3 is 15.3 Å². The first-order valence-electron chi connectivity index (χ1n) is 20.6. The van der Waals surface area contributed by atoms with Crippen molar-refractivity contribution in [2.75, 3.05) is 11.9 Å². The van der Waals surface area contributed by atoms with E-state index in [1.165, 1.54) is 50.5 Å². The average molecular weight is 756 g/mol. The maximum Gasteiger partial charge on any atom is 0.136 e. The third-order valence-electron chi connectivity index (χ3n) is 17.5. The Morgan fingerprint density at radius 1 is 0.620 bits per heavy atom. The molecule has 0 amide bonds. The normalized spacial score (nSPS) is 52.2. The minimum Gasteiger partial charge on any atom is -0.392 e. The molecule has 8 saturated carbocycles. The number of aliphatic hydroxyl groups excluding tert-OH is 1. The van der Waals surface area contributed by atoms with Crippen LogP contribution in [0.4, 0.5) is 0 Å². The molecule has 8 aliphatic carbocycles. The molecule has 8 rings (SSSR count). The molecular formula is C44H67BrO5. The number of carbonyl (C=O) groups is 2. The smallest absolute Gasteiger partial charge is 0.136 e. The predicted molar refractivity (Wildman–Crippen MR) is 202 cm³/mol. The standard InChI is InChI=1S/C22H33BrO2.C22H34O3/c2*1-13(12-23)18-4-5-19-16-10-20(24)17-11-21(2,25)8-6-15(17)14(16)7-9-22(18,19)3/h14-19,25H,1,4-12H2,2-3H3;14-19,23,25H,1,4-12H2,2-3H3/t2*14-,15-,16-,17+,18-,19+,21-,22-/m11/s1. The molecule has 3 N–H and O–H groups in total. The van der Waals surface area contributed by atoms with Gasteiger partial charge >= 0.3 is 0 Å². The lowest BCUT2D eigenvalue weighted by molar-refractivity contribution is -0.149. The number of allylic oxidation sites excluding steroid dienone is 1. The molecule has 0 aliphatic heterocycles. The lowest BCUT2D eigenvalue weighted by Crippen LogP contribution is -2.53. The lowest BCUT2D eigenvalue weighted by atomic mass is 9.48. The number of carbonyl (C=O) groups excluding carboxylic acids is 2. The Morgan fingerprint density at radius 2 is 1.02 bits per heavy atom. The molecule has 5 nitrogen and oxygen atoms in total. The molecule has 8 aliphatic rings. The van der Waals surface area contributed by atoms with Gasteiger partial charge in [-0.25, -0.2) is 0 Å². The quantitative estimate of drug-likeness (QED) is 0.197. The van der Waals surface area contributed by atoms with Gasteiger partial charge in [0.05, 0.1) is 17.8 Å². The highest BCUT2D eigenvalue weighted by Crippen LogP contribution is 2.66. The second-order valence-corrected chi connectivity index (χ2v) is 20.7. The van der Waals surface area contributed by atoms with Crippen molar-refractivity contribution in [2.45, 2.75) is 142 Å². The molecule has 50 heavy (non-hydrogen) atoms. The summed E-state index contributed by atoms with van der Waals surface area (Å²) in [5.74, 6) is 6.96. The van der Waals surface area contributed by atoms with E-state index in [2.05, 4.69) is 42.9 Å². The fourth-order valence-corrected chi connectivity index (χ4v) is 15.5. The molecule has 8 fully saturated rings. The number of rotatable bonds is 4. The van der Waals surface area contributed by atoms with Gasteiger partial charge in [0, 0.05) is 30.0 Å². The van der Waals surface area contributed by atoms with Crippen molar-refractivity contribution in [3.05, 3.63) is 24.3 Å². The number of halogens is 1. The maximum absolute atomic E-state index is 13.0. The largest absolute Gasteiger partial charge is 0.392 e. The molecule has 280 valence electrons. The van der Waals surface area contributed by atoms with E-state index in [1.807, 2.05) is 13.8 Å². The fourth-order valence-electron chi connectivity index (χ4n) is 15.1. The monoisotopic (exact) mass is 754 g/mol. The van der Waals surface area contributed by atoms with Crippen LogP contribution in [0.15, 0.2) is 24.3 Å². The van der Waals surface area contributed by atoms with Crippen LogP contribution in [-0.2, 0) is 9.59 Å². The molecule has 0 saturated heterocycles. The summed E-state index contributed by atoms with van der Waals surface area (Å²) in [6.45, 7) is 17.3. The zero-order valence-corrected chi connectivity index (χ0v) is 33.2. The van der Waals surface area contributed by atoms with Gasteiger partial charge in [-0.3, -0.25) is 9.59 Å². The second-order valence-electron chi connectivity index (χ2n) is 20.2. The number of ketones is 2. The number of hydrogen-bond donors (Lipinski definition) is 3. The van der Waals surface area contributed by atoms with Gasteiger partial charge in [-0.15, -0.1) is 0 Å². The van der Waals surface area contributed by atoms with E-state index >= 15 is 0 Å². The van der Waals surface area contributed by atoms with Gasteiger partial charge in [0.2, 0.25) is 0 Å². The van der Waals surface area contributed by atoms with Crippen molar-refractivity contribution in [3.63, 3.8) is 0 Å². The molecule has 0 aromatic carbocycles. The lowest BCUT2D eigenvalue weighted by Gasteiger charge is -2.56. The van der Waals surface area contributed by atoms with Crippen LogP contribution in [0.2, 0.25) is 0 Å². The molecule has 0 unspecified atom stereocenters. The van der Waals surface area contributed by atoms with Gasteiger partial charge in [0.1, 0.15) is 11.6 Å². The Kier molecular flexibility index (Phi) is 10.1. The molecule has 0 aromatic heterocycles. The first-order valence-corrected chi connectivity index (χ1v) is 21.7. The van der Waals surface area contributed by atoms with Crippen LogP contribution in [0.25, 0.3) is 0 Å². The van der Waals surface area contributed by atoms with Crippen LogP contribution in [0.3, 0.4) is 0 Å². The van der Waals surface area contributed by atoms with Crippen LogP contribution in [0, 0.1) is 81.8 Å². The third kappa shape index (κ3) is 6.22. The zero-order chi connectivity index (χ0) is 36.0. The summed E-state index contributed by atoms with van der Waals surface area (Å²) in [7, 11) is 0. The van der Waals surface area contributed by atoms with E-state index in [-0.39, 0.29) is 23.9 Å². The molecule has 0 bridgehead atoms. The summed E-state index contributed by atoms with van der Waals surface area (Å²) < 4.78 is 0. The van der Waals surface area contributed by atoms with Crippen LogP contribution in [0.1, 0.15) is 130 Å². The third-order valence-corrected chi connectivity index (χ3v) is 18.3. The van der Waals surface area contributed by atoms with E-state index in [0.29, 0.717) is 89.0 Å². The number of fused-ring (bicyclic) bond motifs is 10. The average Bonchev–Trinajstić information content (AvgIpc) is 3.61. The highest BCUT2D eigenvalue weighted by atomic mass is 79.9. The van der Waals surface area contributed by atoms with Crippen LogP contribution in [-0.4, -0.2) is 50.0 Å². The topological polar surface area (TPSA) is 94.8 Å². The Bertz CT molecular complexity index is 1270. The summed E-state index contributed by atoms with van der Waals surface area (Å²) >= 11 is 3.62. The van der Waals surface area contributed by atoms with Crippen molar-refractivity contribution in [1.82, 2.24) is 0 Å². The first-order chi connectivity index (χ1) is 23.5. The Hall–Kier alpha value is -0.820. The molecule has 6 heteroatoms. The first kappa shape index (κ1) is 37.5. The molecule has 0 heterocycles. The van der Waals surface area contributed by atoms with Gasteiger partial charge in [0.25, 0.3) is 0 Å². The van der Waals surface area contributed by atoms with Crippen molar-refractivity contribution >= 4 is 27.5 Å².